The Morgan fingerprint density at radius 3 is 2.60 bits per heavy atom. The van der Waals surface area contributed by atoms with Gasteiger partial charge >= 0.3 is 0 Å². The zero-order valence-electron chi connectivity index (χ0n) is 20.6. The van der Waals surface area contributed by atoms with Crippen molar-refractivity contribution in [1.82, 2.24) is 20.1 Å². The van der Waals surface area contributed by atoms with Gasteiger partial charge in [-0.25, -0.2) is 4.98 Å². The van der Waals surface area contributed by atoms with Gasteiger partial charge in [-0.05, 0) is 49.1 Å². The summed E-state index contributed by atoms with van der Waals surface area (Å²) in [7, 11) is 0. The summed E-state index contributed by atoms with van der Waals surface area (Å²) in [5, 5.41) is 10.9. The van der Waals surface area contributed by atoms with Crippen LogP contribution in [-0.4, -0.2) is 38.9 Å². The lowest BCUT2D eigenvalue weighted by atomic mass is 9.96. The van der Waals surface area contributed by atoms with Gasteiger partial charge in [0, 0.05) is 24.9 Å². The van der Waals surface area contributed by atoms with Crippen LogP contribution in [0.3, 0.4) is 0 Å². The highest BCUT2D eigenvalue weighted by Gasteiger charge is 2.27. The van der Waals surface area contributed by atoms with E-state index in [0.29, 0.717) is 5.88 Å². The van der Waals surface area contributed by atoms with Crippen molar-refractivity contribution in [1.29, 1.82) is 0 Å². The fraction of sp³-hybridized carbons (Fsp3) is 0.370. The summed E-state index contributed by atoms with van der Waals surface area (Å²) in [5.41, 5.74) is 2.68. The summed E-state index contributed by atoms with van der Waals surface area (Å²) >= 11 is 0. The average Bonchev–Trinajstić information content (AvgIpc) is 3.39. The first kappa shape index (κ1) is 23.0. The summed E-state index contributed by atoms with van der Waals surface area (Å²) in [6.07, 6.45) is 3.40. The van der Waals surface area contributed by atoms with Crippen molar-refractivity contribution in [3.63, 3.8) is 0 Å². The van der Waals surface area contributed by atoms with E-state index < -0.39 is 0 Å². The largest absolute Gasteiger partial charge is 0.356 e. The van der Waals surface area contributed by atoms with Gasteiger partial charge in [0.25, 0.3) is 5.88 Å². The number of oxime groups is 1. The van der Waals surface area contributed by atoms with Gasteiger partial charge in [0.2, 0.25) is 5.89 Å². The van der Waals surface area contributed by atoms with Crippen molar-refractivity contribution in [2.75, 3.05) is 18.0 Å². The molecule has 1 aliphatic rings. The average molecular weight is 471 g/mol. The van der Waals surface area contributed by atoms with E-state index in [1.807, 2.05) is 26.0 Å². The topological polar surface area (TPSA) is 89.5 Å². The Labute approximate surface area is 205 Å². The maximum atomic E-state index is 5.79. The molecule has 4 aromatic rings. The Morgan fingerprint density at radius 1 is 1.09 bits per heavy atom. The summed E-state index contributed by atoms with van der Waals surface area (Å²) in [4.78, 5) is 21.5. The van der Waals surface area contributed by atoms with Gasteiger partial charge in [-0.3, -0.25) is 0 Å². The lowest BCUT2D eigenvalue weighted by molar-refractivity contribution is 0.321. The molecule has 8 nitrogen and oxygen atoms in total. The Kier molecular flexibility index (Phi) is 6.44. The Balaban J connectivity index is 1.27. The van der Waals surface area contributed by atoms with E-state index in [1.54, 1.807) is 0 Å². The first-order valence-electron chi connectivity index (χ1n) is 12.1. The molecule has 0 N–H and O–H groups in total. The fourth-order valence-corrected chi connectivity index (χ4v) is 4.40. The number of hydrogen-bond donors (Lipinski definition) is 0. The van der Waals surface area contributed by atoms with Gasteiger partial charge in [0.15, 0.2) is 5.82 Å². The van der Waals surface area contributed by atoms with Crippen molar-refractivity contribution < 1.29 is 9.36 Å². The molecule has 5 rings (SSSR count). The highest BCUT2D eigenvalue weighted by Crippen LogP contribution is 2.32. The molecule has 0 bridgehead atoms. The van der Waals surface area contributed by atoms with Crippen molar-refractivity contribution in [3.05, 3.63) is 71.6 Å². The van der Waals surface area contributed by atoms with Crippen LogP contribution in [0, 0.1) is 6.92 Å². The van der Waals surface area contributed by atoms with Gasteiger partial charge in [-0.15, -0.1) is 0 Å². The van der Waals surface area contributed by atoms with Crippen LogP contribution in [0.1, 0.15) is 68.3 Å². The van der Waals surface area contributed by atoms with Crippen molar-refractivity contribution in [2.45, 2.75) is 52.4 Å². The minimum Gasteiger partial charge on any atom is -0.356 e. The molecule has 0 saturated carbocycles. The quantitative estimate of drug-likeness (QED) is 0.266. The second-order valence-corrected chi connectivity index (χ2v) is 9.36. The molecule has 0 unspecified atom stereocenters. The Morgan fingerprint density at radius 2 is 1.86 bits per heavy atom. The van der Waals surface area contributed by atoms with Crippen LogP contribution in [0.5, 0.6) is 5.88 Å². The van der Waals surface area contributed by atoms with Gasteiger partial charge in [-0.1, -0.05) is 60.6 Å². The zero-order chi connectivity index (χ0) is 24.4. The number of fused-ring (bicyclic) bond motifs is 1. The van der Waals surface area contributed by atoms with Crippen LogP contribution >= 0.6 is 0 Å². The lowest BCUT2D eigenvalue weighted by Gasteiger charge is -2.32. The molecule has 3 heterocycles. The molecule has 1 aliphatic heterocycles. The predicted molar refractivity (Wildman–Crippen MR) is 136 cm³/mol. The summed E-state index contributed by atoms with van der Waals surface area (Å²) in [6, 6.07) is 14.5. The third-order valence-electron chi connectivity index (χ3n) is 6.57. The molecule has 0 spiro atoms. The molecule has 1 fully saturated rings. The number of piperidine rings is 1. The van der Waals surface area contributed by atoms with Gasteiger partial charge in [0.1, 0.15) is 12.1 Å². The van der Waals surface area contributed by atoms with Crippen LogP contribution < -0.4 is 9.74 Å². The molecule has 0 aliphatic carbocycles. The van der Waals surface area contributed by atoms with Crippen molar-refractivity contribution >= 4 is 22.3 Å². The van der Waals surface area contributed by atoms with E-state index in [0.717, 1.165) is 60.3 Å². The number of hydrogen-bond acceptors (Lipinski definition) is 8. The minimum absolute atomic E-state index is 0.266. The molecule has 2 aromatic carbocycles. The molecule has 2 aromatic heterocycles. The van der Waals surface area contributed by atoms with E-state index in [9.17, 15) is 0 Å². The number of rotatable bonds is 6. The molecule has 0 atom stereocenters. The predicted octanol–water partition coefficient (Wildman–Crippen LogP) is 5.63. The first-order valence-corrected chi connectivity index (χ1v) is 12.1. The molecular weight excluding hydrogens is 440 g/mol. The van der Waals surface area contributed by atoms with Crippen molar-refractivity contribution in [2.24, 2.45) is 5.16 Å². The number of benzene rings is 2. The second-order valence-electron chi connectivity index (χ2n) is 9.36. The number of anilines is 1. The minimum atomic E-state index is 0.266. The summed E-state index contributed by atoms with van der Waals surface area (Å²) in [6.45, 7) is 9.75. The molecule has 1 saturated heterocycles. The van der Waals surface area contributed by atoms with Crippen LogP contribution in [0.15, 0.2) is 58.5 Å². The molecule has 0 amide bonds. The van der Waals surface area contributed by atoms with Gasteiger partial charge < -0.3 is 14.3 Å². The van der Waals surface area contributed by atoms with Crippen LogP contribution in [-0.2, 0) is 0 Å². The second kappa shape index (κ2) is 9.82. The van der Waals surface area contributed by atoms with Crippen LogP contribution in [0.2, 0.25) is 0 Å². The van der Waals surface area contributed by atoms with Gasteiger partial charge in [-0.2, -0.15) is 9.97 Å². The summed E-state index contributed by atoms with van der Waals surface area (Å²) < 4.78 is 5.52. The Hall–Kier alpha value is -3.81. The van der Waals surface area contributed by atoms with Crippen molar-refractivity contribution in [3.8, 4) is 5.88 Å². The van der Waals surface area contributed by atoms with Crippen LogP contribution in [0.4, 0.5) is 5.82 Å². The van der Waals surface area contributed by atoms with E-state index in [1.165, 1.54) is 17.1 Å². The smallest absolute Gasteiger partial charge is 0.256 e. The molecule has 0 radical (unpaired) electrons. The molecule has 8 heteroatoms. The normalized spacial score (nSPS) is 15.2. The van der Waals surface area contributed by atoms with E-state index in [2.05, 4.69) is 74.3 Å². The Bertz CT molecular complexity index is 1350. The number of nitrogens with zero attached hydrogens (tertiary/aromatic N) is 6. The van der Waals surface area contributed by atoms with Crippen LogP contribution in [0.25, 0.3) is 10.8 Å². The molecular formula is C27H30N6O2. The third-order valence-corrected chi connectivity index (χ3v) is 6.57. The maximum absolute atomic E-state index is 5.79. The van der Waals surface area contributed by atoms with Gasteiger partial charge in [0.05, 0.1) is 11.3 Å². The first-order chi connectivity index (χ1) is 17.0. The van der Waals surface area contributed by atoms with E-state index in [-0.39, 0.29) is 11.8 Å². The molecule has 35 heavy (non-hydrogen) atoms. The standard InChI is InChI=1S/C27H30N6O2/c1-17(2)24-30-27(35-32-24)21-11-13-33(14-12-21)25-18(3)26(29-16-28-25)34-31-19(4)22-10-9-20-7-5-6-8-23(20)15-22/h5-10,15-17,21H,11-14H2,1-4H3/b31-19-. The lowest BCUT2D eigenvalue weighted by Crippen LogP contribution is -2.34. The summed E-state index contributed by atoms with van der Waals surface area (Å²) in [5.74, 6) is 3.40. The van der Waals surface area contributed by atoms with E-state index >= 15 is 0 Å². The SMILES string of the molecule is C/C(=N/Oc1ncnc(N2CCC(c3nc(C(C)C)no3)CC2)c1C)c1ccc2ccccc2c1. The number of aromatic nitrogens is 4. The fourth-order valence-electron chi connectivity index (χ4n) is 4.40. The highest BCUT2D eigenvalue weighted by molar-refractivity contribution is 6.01. The monoisotopic (exact) mass is 470 g/mol. The highest BCUT2D eigenvalue weighted by atomic mass is 16.6. The zero-order valence-corrected chi connectivity index (χ0v) is 20.6. The maximum Gasteiger partial charge on any atom is 0.256 e. The van der Waals surface area contributed by atoms with E-state index in [4.69, 9.17) is 9.36 Å². The molecule has 180 valence electrons. The third kappa shape index (κ3) is 4.87.